The second-order valence-electron chi connectivity index (χ2n) is 6.24. The van der Waals surface area contributed by atoms with E-state index in [1.165, 1.54) is 16.7 Å². The first-order chi connectivity index (χ1) is 13.0. The van der Waals surface area contributed by atoms with Crippen LogP contribution in [-0.4, -0.2) is 27.4 Å². The van der Waals surface area contributed by atoms with Crippen LogP contribution in [0.4, 0.5) is 10.2 Å². The van der Waals surface area contributed by atoms with Gasteiger partial charge < -0.3 is 10.6 Å². The Kier molecular flexibility index (Phi) is 4.41. The van der Waals surface area contributed by atoms with E-state index in [0.29, 0.717) is 11.3 Å². The number of hydrogen-bond donors (Lipinski definition) is 2. The van der Waals surface area contributed by atoms with Crippen molar-refractivity contribution in [1.82, 2.24) is 14.9 Å². The second-order valence-corrected chi connectivity index (χ2v) is 6.60. The Bertz CT molecular complexity index is 1110. The van der Waals surface area contributed by atoms with Crippen LogP contribution in [0.25, 0.3) is 10.9 Å². The summed E-state index contributed by atoms with van der Waals surface area (Å²) in [7, 11) is 0. The van der Waals surface area contributed by atoms with E-state index in [2.05, 4.69) is 15.6 Å². The molecule has 1 aliphatic rings. The van der Waals surface area contributed by atoms with Crippen LogP contribution >= 0.6 is 12.2 Å². The number of anilines is 1. The minimum Gasteiger partial charge on any atom is -0.358 e. The summed E-state index contributed by atoms with van der Waals surface area (Å²) in [4.78, 5) is 29.2. The second kappa shape index (κ2) is 6.88. The summed E-state index contributed by atoms with van der Waals surface area (Å²) in [6.45, 7) is 0.261. The van der Waals surface area contributed by atoms with E-state index < -0.39 is 6.04 Å². The maximum atomic E-state index is 12.9. The molecule has 2 heterocycles. The lowest BCUT2D eigenvalue weighted by atomic mass is 10.2. The zero-order valence-electron chi connectivity index (χ0n) is 14.1. The first-order valence-corrected chi connectivity index (χ1v) is 8.77. The topological polar surface area (TPSA) is 76.0 Å². The Morgan fingerprint density at radius 1 is 1.22 bits per heavy atom. The number of carbonyl (C=O) groups excluding carboxylic acids is 2. The summed E-state index contributed by atoms with van der Waals surface area (Å²) < 4.78 is 14.4. The summed E-state index contributed by atoms with van der Waals surface area (Å²) in [5.74, 6) is -0.361. The molecular formula is C19H15FN4O2S. The lowest BCUT2D eigenvalue weighted by Crippen LogP contribution is -2.33. The largest absolute Gasteiger partial charge is 0.358 e. The smallest absolute Gasteiger partial charge is 0.257 e. The molecule has 2 aromatic carbocycles. The zero-order chi connectivity index (χ0) is 19.0. The van der Waals surface area contributed by atoms with Crippen LogP contribution in [-0.2, 0) is 11.3 Å². The molecule has 1 aliphatic heterocycles. The predicted molar refractivity (Wildman–Crippen MR) is 101 cm³/mol. The van der Waals surface area contributed by atoms with E-state index in [1.54, 1.807) is 12.1 Å². The van der Waals surface area contributed by atoms with Crippen molar-refractivity contribution in [1.29, 1.82) is 0 Å². The third-order valence-electron chi connectivity index (χ3n) is 4.41. The minimum atomic E-state index is -0.715. The molecule has 8 heteroatoms. The Balaban J connectivity index is 1.49. The molecule has 1 atom stereocenters. The van der Waals surface area contributed by atoms with Gasteiger partial charge in [-0.1, -0.05) is 24.3 Å². The number of para-hydroxylation sites is 1. The molecule has 0 fully saturated rings. The van der Waals surface area contributed by atoms with Gasteiger partial charge >= 0.3 is 0 Å². The van der Waals surface area contributed by atoms with Crippen LogP contribution in [0.5, 0.6) is 0 Å². The van der Waals surface area contributed by atoms with Crippen molar-refractivity contribution in [3.8, 4) is 0 Å². The number of benzene rings is 2. The van der Waals surface area contributed by atoms with Crippen molar-refractivity contribution >= 4 is 40.8 Å². The normalized spacial score (nSPS) is 15.4. The molecule has 0 radical (unpaired) electrons. The number of nitrogens with one attached hydrogen (secondary N) is 2. The lowest BCUT2D eigenvalue weighted by molar-refractivity contribution is -0.121. The SMILES string of the molecule is O=C(C[C@H]1Nc2c3ccccc3nc(=S)n2C1=O)NCc1ccc(F)cc1. The number of fused-ring (bicyclic) bond motifs is 3. The number of carbonyl (C=O) groups is 2. The average Bonchev–Trinajstić information content (AvgIpc) is 2.98. The fourth-order valence-electron chi connectivity index (χ4n) is 3.07. The molecule has 2 N–H and O–H groups in total. The van der Waals surface area contributed by atoms with Crippen LogP contribution in [0.1, 0.15) is 16.8 Å². The molecule has 27 heavy (non-hydrogen) atoms. The zero-order valence-corrected chi connectivity index (χ0v) is 14.9. The molecule has 0 saturated carbocycles. The summed E-state index contributed by atoms with van der Waals surface area (Å²) in [6.07, 6.45) is -0.0369. The number of halogens is 1. The van der Waals surface area contributed by atoms with E-state index in [9.17, 15) is 14.0 Å². The standard InChI is InChI=1S/C19H15FN4O2S/c20-12-7-5-11(6-8-12)10-21-16(25)9-15-18(26)24-17(22-15)13-3-1-2-4-14(13)23-19(24)27/h1-8,15,22H,9-10H2,(H,21,25)/t15-/m1/s1. The van der Waals surface area contributed by atoms with E-state index in [4.69, 9.17) is 12.2 Å². The Morgan fingerprint density at radius 3 is 2.74 bits per heavy atom. The highest BCUT2D eigenvalue weighted by molar-refractivity contribution is 7.71. The molecule has 3 aromatic rings. The number of rotatable bonds is 4. The van der Waals surface area contributed by atoms with Gasteiger partial charge in [-0.15, -0.1) is 0 Å². The molecule has 0 saturated heterocycles. The number of nitrogens with zero attached hydrogens (tertiary/aromatic N) is 2. The monoisotopic (exact) mass is 382 g/mol. The van der Waals surface area contributed by atoms with Crippen molar-refractivity contribution in [2.75, 3.05) is 5.32 Å². The van der Waals surface area contributed by atoms with Crippen molar-refractivity contribution in [2.45, 2.75) is 19.0 Å². The molecule has 0 bridgehead atoms. The van der Waals surface area contributed by atoms with E-state index in [-0.39, 0.29) is 35.4 Å². The van der Waals surface area contributed by atoms with E-state index in [0.717, 1.165) is 10.9 Å². The molecule has 0 unspecified atom stereocenters. The van der Waals surface area contributed by atoms with E-state index in [1.807, 2.05) is 24.3 Å². The highest BCUT2D eigenvalue weighted by Crippen LogP contribution is 2.28. The van der Waals surface area contributed by atoms with Crippen molar-refractivity contribution in [3.63, 3.8) is 0 Å². The van der Waals surface area contributed by atoms with Gasteiger partial charge in [0.1, 0.15) is 17.7 Å². The van der Waals surface area contributed by atoms with Gasteiger partial charge in [-0.2, -0.15) is 0 Å². The van der Waals surface area contributed by atoms with Crippen LogP contribution < -0.4 is 10.6 Å². The number of hydrogen-bond acceptors (Lipinski definition) is 5. The molecule has 6 nitrogen and oxygen atoms in total. The van der Waals surface area contributed by atoms with Gasteiger partial charge in [0.25, 0.3) is 5.91 Å². The molecule has 0 spiro atoms. The molecule has 1 aromatic heterocycles. The van der Waals surface area contributed by atoms with Gasteiger partial charge in [-0.05, 0) is 42.0 Å². The molecular weight excluding hydrogens is 367 g/mol. The Hall–Kier alpha value is -3.13. The lowest BCUT2D eigenvalue weighted by Gasteiger charge is -2.10. The van der Waals surface area contributed by atoms with Crippen LogP contribution in [0, 0.1) is 10.6 Å². The summed E-state index contributed by atoms with van der Waals surface area (Å²) in [5.41, 5.74) is 1.46. The van der Waals surface area contributed by atoms with Gasteiger partial charge in [0, 0.05) is 11.9 Å². The molecule has 136 valence electrons. The van der Waals surface area contributed by atoms with Crippen molar-refractivity contribution in [2.24, 2.45) is 0 Å². The quantitative estimate of drug-likeness (QED) is 0.679. The average molecular weight is 382 g/mol. The third-order valence-corrected chi connectivity index (χ3v) is 4.69. The highest BCUT2D eigenvalue weighted by Gasteiger charge is 2.33. The predicted octanol–water partition coefficient (Wildman–Crippen LogP) is 3.05. The fraction of sp³-hybridized carbons (Fsp3) is 0.158. The van der Waals surface area contributed by atoms with E-state index >= 15 is 0 Å². The summed E-state index contributed by atoms with van der Waals surface area (Å²) in [5, 5.41) is 6.61. The van der Waals surface area contributed by atoms with Gasteiger partial charge in [-0.3, -0.25) is 9.59 Å². The van der Waals surface area contributed by atoms with Crippen LogP contribution in [0.3, 0.4) is 0 Å². The van der Waals surface area contributed by atoms with Gasteiger partial charge in [0.15, 0.2) is 0 Å². The first kappa shape index (κ1) is 17.3. The van der Waals surface area contributed by atoms with Crippen molar-refractivity contribution in [3.05, 3.63) is 64.7 Å². The Labute approximate surface area is 159 Å². The van der Waals surface area contributed by atoms with Gasteiger partial charge in [-0.25, -0.2) is 13.9 Å². The molecule has 0 aliphatic carbocycles. The van der Waals surface area contributed by atoms with Crippen molar-refractivity contribution < 1.29 is 14.0 Å². The summed E-state index contributed by atoms with van der Waals surface area (Å²) in [6, 6.07) is 12.5. The highest BCUT2D eigenvalue weighted by atomic mass is 32.1. The first-order valence-electron chi connectivity index (χ1n) is 8.36. The fourth-order valence-corrected chi connectivity index (χ4v) is 3.35. The van der Waals surface area contributed by atoms with Crippen LogP contribution in [0.15, 0.2) is 48.5 Å². The maximum absolute atomic E-state index is 12.9. The third kappa shape index (κ3) is 3.31. The van der Waals surface area contributed by atoms with Crippen LogP contribution in [0.2, 0.25) is 0 Å². The van der Waals surface area contributed by atoms with Gasteiger partial charge in [0.2, 0.25) is 10.7 Å². The molecule has 4 rings (SSSR count). The Morgan fingerprint density at radius 2 is 1.96 bits per heavy atom. The van der Waals surface area contributed by atoms with Gasteiger partial charge in [0.05, 0.1) is 11.9 Å². The maximum Gasteiger partial charge on any atom is 0.257 e. The number of amides is 1. The molecule has 1 amide bonds. The number of aromatic nitrogens is 2. The minimum absolute atomic E-state index is 0.0369. The summed E-state index contributed by atoms with van der Waals surface area (Å²) >= 11 is 5.24.